The van der Waals surface area contributed by atoms with Gasteiger partial charge in [-0.25, -0.2) is 4.79 Å². The van der Waals surface area contributed by atoms with E-state index in [-0.39, 0.29) is 36.8 Å². The van der Waals surface area contributed by atoms with Crippen LogP contribution in [0.3, 0.4) is 0 Å². The van der Waals surface area contributed by atoms with Crippen molar-refractivity contribution in [2.45, 2.75) is 63.5 Å². The van der Waals surface area contributed by atoms with Crippen LogP contribution in [-0.2, 0) is 14.3 Å². The Morgan fingerprint density at radius 2 is 1.68 bits per heavy atom. The Morgan fingerprint density at radius 3 is 2.29 bits per heavy atom. The molecule has 0 spiro atoms. The molecule has 0 bridgehead atoms. The maximum absolute atomic E-state index is 12.8. The normalized spacial score (nSPS) is 19.7. The second kappa shape index (κ2) is 10.7. The number of carbonyl (C=O) groups is 3. The first-order valence-corrected chi connectivity index (χ1v) is 12.1. The van der Waals surface area contributed by atoms with Crippen molar-refractivity contribution in [1.29, 1.82) is 0 Å². The summed E-state index contributed by atoms with van der Waals surface area (Å²) >= 11 is 0. The highest BCUT2D eigenvalue weighted by Gasteiger charge is 2.31. The summed E-state index contributed by atoms with van der Waals surface area (Å²) < 4.78 is 5.60. The van der Waals surface area contributed by atoms with Crippen LogP contribution in [0.2, 0.25) is 0 Å². The van der Waals surface area contributed by atoms with Gasteiger partial charge >= 0.3 is 12.1 Å². The van der Waals surface area contributed by atoms with Gasteiger partial charge in [0.1, 0.15) is 12.6 Å². The van der Waals surface area contributed by atoms with Crippen LogP contribution in [0.4, 0.5) is 4.79 Å². The Bertz CT molecular complexity index is 1010. The van der Waals surface area contributed by atoms with E-state index in [1.807, 2.05) is 31.2 Å². The molecule has 7 nitrogen and oxygen atoms in total. The maximum atomic E-state index is 12.8. The summed E-state index contributed by atoms with van der Waals surface area (Å²) in [6.45, 7) is 2.15. The first-order valence-electron chi connectivity index (χ1n) is 12.1. The summed E-state index contributed by atoms with van der Waals surface area (Å²) in [4.78, 5) is 36.4. The van der Waals surface area contributed by atoms with Crippen LogP contribution in [0.15, 0.2) is 48.5 Å². The number of carbonyl (C=O) groups excluding carboxylic acids is 2. The molecule has 0 aromatic heterocycles. The molecule has 3 N–H and O–H groups in total. The van der Waals surface area contributed by atoms with Gasteiger partial charge in [0, 0.05) is 18.4 Å². The van der Waals surface area contributed by atoms with E-state index in [0.717, 1.165) is 41.5 Å². The van der Waals surface area contributed by atoms with Crippen molar-refractivity contribution in [1.82, 2.24) is 10.6 Å². The number of rotatable bonds is 9. The van der Waals surface area contributed by atoms with Gasteiger partial charge in [-0.2, -0.15) is 0 Å². The van der Waals surface area contributed by atoms with E-state index >= 15 is 0 Å². The van der Waals surface area contributed by atoms with Gasteiger partial charge in [-0.05, 0) is 53.9 Å². The van der Waals surface area contributed by atoms with E-state index in [2.05, 4.69) is 34.9 Å². The number of fused-ring (bicyclic) bond motifs is 3. The number of hydrogen-bond acceptors (Lipinski definition) is 4. The molecule has 2 aromatic carbocycles. The minimum Gasteiger partial charge on any atom is -0.481 e. The molecule has 0 heterocycles. The molecule has 1 fully saturated rings. The minimum absolute atomic E-state index is 0.0405. The number of carboxylic acid groups (broad SMARTS) is 1. The molecule has 3 atom stereocenters. The lowest BCUT2D eigenvalue weighted by atomic mass is 9.98. The van der Waals surface area contributed by atoms with Gasteiger partial charge in [-0.3, -0.25) is 9.59 Å². The fraction of sp³-hybridized carbons (Fsp3) is 0.444. The zero-order chi connectivity index (χ0) is 24.1. The molecule has 2 amide bonds. The number of hydrogen-bond donors (Lipinski definition) is 3. The van der Waals surface area contributed by atoms with Crippen molar-refractivity contribution in [3.63, 3.8) is 0 Å². The number of ether oxygens (including phenoxy) is 1. The molecule has 1 saturated carbocycles. The van der Waals surface area contributed by atoms with Crippen molar-refractivity contribution in [3.05, 3.63) is 59.7 Å². The van der Waals surface area contributed by atoms with Crippen LogP contribution in [0.5, 0.6) is 0 Å². The zero-order valence-electron chi connectivity index (χ0n) is 19.5. The molecule has 0 unspecified atom stereocenters. The van der Waals surface area contributed by atoms with Crippen molar-refractivity contribution in [3.8, 4) is 11.1 Å². The number of aliphatic carboxylic acids is 1. The molecule has 0 radical (unpaired) electrons. The van der Waals surface area contributed by atoms with Gasteiger partial charge < -0.3 is 20.5 Å². The van der Waals surface area contributed by atoms with Crippen LogP contribution < -0.4 is 10.6 Å². The van der Waals surface area contributed by atoms with Gasteiger partial charge in [-0.15, -0.1) is 0 Å². The van der Waals surface area contributed by atoms with E-state index in [4.69, 9.17) is 9.84 Å². The second-order valence-corrected chi connectivity index (χ2v) is 9.29. The van der Waals surface area contributed by atoms with E-state index in [9.17, 15) is 14.4 Å². The first kappa shape index (κ1) is 23.8. The molecule has 2 aliphatic carbocycles. The van der Waals surface area contributed by atoms with E-state index in [0.29, 0.717) is 12.8 Å². The number of nitrogens with one attached hydrogen (secondary N) is 2. The van der Waals surface area contributed by atoms with E-state index in [1.165, 1.54) is 0 Å². The first-order chi connectivity index (χ1) is 16.5. The molecule has 4 rings (SSSR count). The molecule has 2 aliphatic rings. The van der Waals surface area contributed by atoms with Crippen LogP contribution in [-0.4, -0.2) is 41.8 Å². The lowest BCUT2D eigenvalue weighted by Gasteiger charge is -2.21. The van der Waals surface area contributed by atoms with Crippen molar-refractivity contribution < 1.29 is 24.2 Å². The van der Waals surface area contributed by atoms with Gasteiger partial charge in [0.25, 0.3) is 0 Å². The smallest absolute Gasteiger partial charge is 0.407 e. The predicted octanol–water partition coefficient (Wildman–Crippen LogP) is 4.45. The van der Waals surface area contributed by atoms with E-state index < -0.39 is 18.1 Å². The third-order valence-corrected chi connectivity index (χ3v) is 6.88. The van der Waals surface area contributed by atoms with Crippen molar-refractivity contribution in [2.24, 2.45) is 5.92 Å². The van der Waals surface area contributed by atoms with Crippen LogP contribution in [0.1, 0.15) is 62.5 Å². The Kier molecular flexibility index (Phi) is 7.50. The SMILES string of the molecule is CCC[C@H](NC(=O)OCC1c2ccccc2-c2ccccc21)C(=O)N[C@@H]1CC[C@H](CC(=O)O)C1. The molecule has 0 aliphatic heterocycles. The number of benzene rings is 2. The Balaban J connectivity index is 1.33. The number of amides is 2. The average Bonchev–Trinajstić information content (AvgIpc) is 3.38. The number of carboxylic acids is 1. The van der Waals surface area contributed by atoms with Gasteiger partial charge in [0.2, 0.25) is 5.91 Å². The fourth-order valence-electron chi connectivity index (χ4n) is 5.28. The summed E-state index contributed by atoms with van der Waals surface area (Å²) in [5.74, 6) is -1.00. The van der Waals surface area contributed by atoms with Crippen molar-refractivity contribution in [2.75, 3.05) is 6.61 Å². The monoisotopic (exact) mass is 464 g/mol. The lowest BCUT2D eigenvalue weighted by molar-refractivity contribution is -0.138. The lowest BCUT2D eigenvalue weighted by Crippen LogP contribution is -2.49. The highest BCUT2D eigenvalue weighted by Crippen LogP contribution is 2.44. The van der Waals surface area contributed by atoms with E-state index in [1.54, 1.807) is 0 Å². The average molecular weight is 465 g/mol. The summed E-state index contributed by atoms with van der Waals surface area (Å²) in [6, 6.07) is 15.6. The van der Waals surface area contributed by atoms with Crippen LogP contribution in [0, 0.1) is 5.92 Å². The summed E-state index contributed by atoms with van der Waals surface area (Å²) in [7, 11) is 0. The van der Waals surface area contributed by atoms with Gasteiger partial charge in [-0.1, -0.05) is 61.9 Å². The Morgan fingerprint density at radius 1 is 1.03 bits per heavy atom. The Labute approximate surface area is 199 Å². The topological polar surface area (TPSA) is 105 Å². The molecule has 7 heteroatoms. The highest BCUT2D eigenvalue weighted by molar-refractivity contribution is 5.86. The molecule has 180 valence electrons. The fourth-order valence-corrected chi connectivity index (χ4v) is 5.28. The van der Waals surface area contributed by atoms with Gasteiger partial charge in [0.15, 0.2) is 0 Å². The minimum atomic E-state index is -0.808. The van der Waals surface area contributed by atoms with Crippen molar-refractivity contribution >= 4 is 18.0 Å². The highest BCUT2D eigenvalue weighted by atomic mass is 16.5. The quantitative estimate of drug-likeness (QED) is 0.508. The van der Waals surface area contributed by atoms with Crippen LogP contribution >= 0.6 is 0 Å². The van der Waals surface area contributed by atoms with Crippen LogP contribution in [0.25, 0.3) is 11.1 Å². The summed E-state index contributed by atoms with van der Waals surface area (Å²) in [5.41, 5.74) is 4.59. The summed E-state index contributed by atoms with van der Waals surface area (Å²) in [5, 5.41) is 14.7. The Hall–Kier alpha value is -3.35. The predicted molar refractivity (Wildman–Crippen MR) is 128 cm³/mol. The zero-order valence-corrected chi connectivity index (χ0v) is 19.5. The molecular weight excluding hydrogens is 432 g/mol. The number of alkyl carbamates (subject to hydrolysis) is 1. The molecule has 2 aromatic rings. The molecular formula is C27H32N2O5. The van der Waals surface area contributed by atoms with Gasteiger partial charge in [0.05, 0.1) is 0 Å². The largest absolute Gasteiger partial charge is 0.481 e. The second-order valence-electron chi connectivity index (χ2n) is 9.29. The molecule has 34 heavy (non-hydrogen) atoms. The molecule has 0 saturated heterocycles. The standard InChI is InChI=1S/C27H32N2O5/c1-2-7-24(26(32)28-18-13-12-17(14-18)15-25(30)31)29-27(33)34-16-23-21-10-5-3-8-19(21)20-9-4-6-11-22(20)23/h3-6,8-11,17-18,23-24H,2,7,12-16H2,1H3,(H,28,32)(H,29,33)(H,30,31)/t17-,18+,24-/m0/s1. The third kappa shape index (κ3) is 5.41. The maximum Gasteiger partial charge on any atom is 0.407 e. The third-order valence-electron chi connectivity index (χ3n) is 6.88. The summed E-state index contributed by atoms with van der Waals surface area (Å²) in [6.07, 6.45) is 2.95.